The zero-order valence-corrected chi connectivity index (χ0v) is 13.7. The van der Waals surface area contributed by atoms with E-state index in [1.807, 2.05) is 23.6 Å². The highest BCUT2D eigenvalue weighted by atomic mass is 16.5. The Morgan fingerprint density at radius 2 is 2.26 bits per heavy atom. The fraction of sp³-hybridized carbons (Fsp3) is 0.688. The second-order valence-corrected chi connectivity index (χ2v) is 6.58. The van der Waals surface area contributed by atoms with Crippen LogP contribution in [-0.2, 0) is 4.79 Å². The summed E-state index contributed by atoms with van der Waals surface area (Å²) in [6.07, 6.45) is 3.31. The maximum atomic E-state index is 12.8. The summed E-state index contributed by atoms with van der Waals surface area (Å²) in [5.74, 6) is 0.230. The molecule has 0 bridgehead atoms. The largest absolute Gasteiger partial charge is 0.364 e. The first-order valence-corrected chi connectivity index (χ1v) is 8.31. The van der Waals surface area contributed by atoms with Crippen molar-refractivity contribution in [1.82, 2.24) is 20.3 Å². The Balaban J connectivity index is 1.71. The smallest absolute Gasteiger partial charge is 0.259 e. The van der Waals surface area contributed by atoms with Gasteiger partial charge in [0.2, 0.25) is 5.91 Å². The fourth-order valence-corrected chi connectivity index (χ4v) is 3.39. The second-order valence-electron chi connectivity index (χ2n) is 6.58. The lowest BCUT2D eigenvalue weighted by molar-refractivity contribution is -0.135. The van der Waals surface area contributed by atoms with Gasteiger partial charge in [0.05, 0.1) is 12.2 Å². The number of carbonyl (C=O) groups excluding carboxylic acids is 2. The maximum absolute atomic E-state index is 12.8. The molecule has 0 spiro atoms. The number of piperazine rings is 1. The van der Waals surface area contributed by atoms with E-state index in [9.17, 15) is 9.59 Å². The lowest BCUT2D eigenvalue weighted by atomic mass is 10.0. The molecule has 1 aromatic rings. The van der Waals surface area contributed by atoms with Gasteiger partial charge in [0, 0.05) is 32.2 Å². The first-order chi connectivity index (χ1) is 11.1. The van der Waals surface area contributed by atoms with E-state index in [4.69, 9.17) is 4.52 Å². The molecule has 3 rings (SSSR count). The van der Waals surface area contributed by atoms with E-state index in [2.05, 4.69) is 10.5 Å². The van der Waals surface area contributed by atoms with Gasteiger partial charge in [0.25, 0.3) is 5.91 Å². The first-order valence-electron chi connectivity index (χ1n) is 8.31. The van der Waals surface area contributed by atoms with Gasteiger partial charge in [-0.2, -0.15) is 0 Å². The summed E-state index contributed by atoms with van der Waals surface area (Å²) >= 11 is 0. The highest BCUT2D eigenvalue weighted by Crippen LogP contribution is 2.23. The molecular weight excluding hydrogens is 296 g/mol. The number of rotatable bonds is 3. The van der Waals surface area contributed by atoms with Crippen molar-refractivity contribution < 1.29 is 14.1 Å². The van der Waals surface area contributed by atoms with Crippen LogP contribution in [0.1, 0.15) is 48.7 Å². The Hall–Kier alpha value is -1.89. The number of carbonyl (C=O) groups is 2. The summed E-state index contributed by atoms with van der Waals surface area (Å²) in [7, 11) is 0. The third-order valence-electron chi connectivity index (χ3n) is 4.63. The molecule has 2 aliphatic rings. The van der Waals surface area contributed by atoms with Gasteiger partial charge in [-0.1, -0.05) is 19.0 Å². The minimum absolute atomic E-state index is 0.0396. The third kappa shape index (κ3) is 3.24. The van der Waals surface area contributed by atoms with Gasteiger partial charge in [-0.3, -0.25) is 9.59 Å². The van der Waals surface area contributed by atoms with Gasteiger partial charge in [0.15, 0.2) is 0 Å². The molecule has 1 unspecified atom stereocenters. The summed E-state index contributed by atoms with van der Waals surface area (Å²) in [5, 5.41) is 7.04. The number of aromatic nitrogens is 1. The number of hydrogen-bond acceptors (Lipinski definition) is 5. The Labute approximate surface area is 136 Å². The highest BCUT2D eigenvalue weighted by molar-refractivity contribution is 5.95. The molecule has 0 aromatic carbocycles. The molecule has 0 aliphatic carbocycles. The zero-order chi connectivity index (χ0) is 16.4. The minimum atomic E-state index is -0.0396. The molecule has 126 valence electrons. The van der Waals surface area contributed by atoms with Gasteiger partial charge in [-0.15, -0.1) is 0 Å². The molecule has 2 aliphatic heterocycles. The van der Waals surface area contributed by atoms with Crippen LogP contribution in [0, 0.1) is 0 Å². The normalized spacial score (nSPS) is 22.7. The van der Waals surface area contributed by atoms with Crippen LogP contribution in [-0.4, -0.2) is 65.5 Å². The van der Waals surface area contributed by atoms with E-state index >= 15 is 0 Å². The molecule has 0 saturated carbocycles. The van der Waals surface area contributed by atoms with Crippen LogP contribution < -0.4 is 5.32 Å². The van der Waals surface area contributed by atoms with Crippen LogP contribution in [0.2, 0.25) is 0 Å². The molecule has 1 atom stereocenters. The van der Waals surface area contributed by atoms with Gasteiger partial charge < -0.3 is 19.6 Å². The van der Waals surface area contributed by atoms with Crippen LogP contribution in [0.4, 0.5) is 0 Å². The molecule has 1 N–H and O–H groups in total. The molecule has 7 nitrogen and oxygen atoms in total. The van der Waals surface area contributed by atoms with Gasteiger partial charge >= 0.3 is 0 Å². The maximum Gasteiger partial charge on any atom is 0.259 e. The summed E-state index contributed by atoms with van der Waals surface area (Å²) < 4.78 is 5.01. The Bertz CT molecular complexity index is 584. The Morgan fingerprint density at radius 3 is 3.00 bits per heavy atom. The van der Waals surface area contributed by atoms with Gasteiger partial charge in [0.1, 0.15) is 11.8 Å². The summed E-state index contributed by atoms with van der Waals surface area (Å²) in [4.78, 5) is 28.6. The van der Waals surface area contributed by atoms with Crippen molar-refractivity contribution in [2.45, 2.75) is 38.6 Å². The van der Waals surface area contributed by atoms with E-state index < -0.39 is 0 Å². The lowest BCUT2D eigenvalue weighted by Crippen LogP contribution is -2.57. The van der Waals surface area contributed by atoms with Crippen LogP contribution in [0.5, 0.6) is 0 Å². The van der Waals surface area contributed by atoms with E-state index in [1.165, 1.54) is 6.26 Å². The molecule has 0 radical (unpaired) electrons. The van der Waals surface area contributed by atoms with Crippen molar-refractivity contribution in [3.05, 3.63) is 17.5 Å². The summed E-state index contributed by atoms with van der Waals surface area (Å²) in [6, 6.07) is 0.115. The van der Waals surface area contributed by atoms with Crippen LogP contribution in [0.15, 0.2) is 10.8 Å². The predicted molar refractivity (Wildman–Crippen MR) is 84.1 cm³/mol. The number of piperidine rings is 1. The van der Waals surface area contributed by atoms with Gasteiger partial charge in [-0.25, -0.2) is 0 Å². The monoisotopic (exact) mass is 320 g/mol. The quantitative estimate of drug-likeness (QED) is 0.892. The molecule has 2 saturated heterocycles. The molecule has 2 amide bonds. The summed E-state index contributed by atoms with van der Waals surface area (Å²) in [5.41, 5.74) is 1.25. The molecule has 2 fully saturated rings. The number of hydrogen-bond donors (Lipinski definition) is 1. The van der Waals surface area contributed by atoms with Crippen LogP contribution in [0.25, 0.3) is 0 Å². The third-order valence-corrected chi connectivity index (χ3v) is 4.63. The zero-order valence-electron chi connectivity index (χ0n) is 13.7. The number of nitrogens with one attached hydrogen (secondary N) is 1. The second kappa shape index (κ2) is 6.70. The Kier molecular flexibility index (Phi) is 4.66. The van der Waals surface area contributed by atoms with Crippen molar-refractivity contribution in [2.24, 2.45) is 0 Å². The van der Waals surface area contributed by atoms with E-state index in [0.717, 1.165) is 32.5 Å². The van der Waals surface area contributed by atoms with Crippen molar-refractivity contribution in [3.63, 3.8) is 0 Å². The molecule has 23 heavy (non-hydrogen) atoms. The number of nitrogens with zero attached hydrogens (tertiary/aromatic N) is 3. The number of likely N-dealkylation sites (tertiary alicyclic amines) is 1. The van der Waals surface area contributed by atoms with Crippen molar-refractivity contribution in [1.29, 1.82) is 0 Å². The van der Waals surface area contributed by atoms with E-state index in [1.54, 1.807) is 0 Å². The van der Waals surface area contributed by atoms with Crippen LogP contribution >= 0.6 is 0 Å². The first kappa shape index (κ1) is 16.0. The number of amides is 2. The summed E-state index contributed by atoms with van der Waals surface area (Å²) in [6.45, 7) is 7.23. The SMILES string of the molecule is CC(C)c1nocc1C(=O)N1CCCC(N2CCNCC2=O)C1. The Morgan fingerprint density at radius 1 is 1.43 bits per heavy atom. The standard InChI is InChI=1S/C16H24N4O3/c1-11(2)15-13(10-23-18-15)16(22)19-6-3-4-12(9-19)20-7-5-17-8-14(20)21/h10-12,17H,3-9H2,1-2H3. The topological polar surface area (TPSA) is 78.7 Å². The minimum Gasteiger partial charge on any atom is -0.364 e. The lowest BCUT2D eigenvalue weighted by Gasteiger charge is -2.41. The average molecular weight is 320 g/mol. The predicted octanol–water partition coefficient (Wildman–Crippen LogP) is 0.834. The molecule has 3 heterocycles. The van der Waals surface area contributed by atoms with Gasteiger partial charge in [-0.05, 0) is 18.8 Å². The highest BCUT2D eigenvalue weighted by Gasteiger charge is 2.33. The van der Waals surface area contributed by atoms with Crippen molar-refractivity contribution >= 4 is 11.8 Å². The van der Waals surface area contributed by atoms with Crippen molar-refractivity contribution in [3.8, 4) is 0 Å². The van der Waals surface area contributed by atoms with E-state index in [0.29, 0.717) is 24.3 Å². The molecular formula is C16H24N4O3. The fourth-order valence-electron chi connectivity index (χ4n) is 3.39. The van der Waals surface area contributed by atoms with Crippen LogP contribution in [0.3, 0.4) is 0 Å². The molecule has 1 aromatic heterocycles. The molecule has 7 heteroatoms. The average Bonchev–Trinajstić information content (AvgIpc) is 3.04. The van der Waals surface area contributed by atoms with E-state index in [-0.39, 0.29) is 23.8 Å². The van der Waals surface area contributed by atoms with Crippen molar-refractivity contribution in [2.75, 3.05) is 32.7 Å².